The molecule has 3 aliphatic heterocycles. The summed E-state index contributed by atoms with van der Waals surface area (Å²) in [4.78, 5) is 51.2. The summed E-state index contributed by atoms with van der Waals surface area (Å²) >= 11 is 0. The van der Waals surface area contributed by atoms with Gasteiger partial charge in [-0.2, -0.15) is 0 Å². The Morgan fingerprint density at radius 3 is 1.87 bits per heavy atom. The first-order valence-corrected chi connectivity index (χ1v) is 20.2. The van der Waals surface area contributed by atoms with Crippen LogP contribution in [0.1, 0.15) is 159 Å². The van der Waals surface area contributed by atoms with E-state index in [2.05, 4.69) is 6.92 Å². The van der Waals surface area contributed by atoms with Gasteiger partial charge in [0.2, 0.25) is 0 Å². The summed E-state index contributed by atoms with van der Waals surface area (Å²) in [6.45, 7) is 15.9. The molecule has 298 valence electrons. The Labute approximate surface area is 311 Å². The molecule has 0 aromatic carbocycles. The maximum absolute atomic E-state index is 13.3. The van der Waals surface area contributed by atoms with Gasteiger partial charge in [0.05, 0.1) is 12.2 Å². The fourth-order valence-corrected chi connectivity index (χ4v) is 10.2. The second-order valence-electron chi connectivity index (χ2n) is 17.3. The Morgan fingerprint density at radius 2 is 1.37 bits per heavy atom. The minimum Gasteiger partial charge on any atom is -0.459 e. The lowest BCUT2D eigenvalue weighted by Gasteiger charge is -2.53. The number of aliphatic hydroxyl groups is 1. The maximum Gasteiger partial charge on any atom is 0.306 e. The van der Waals surface area contributed by atoms with Gasteiger partial charge in [-0.1, -0.05) is 85.0 Å². The normalized spacial score (nSPS) is 38.1. The van der Waals surface area contributed by atoms with Crippen LogP contribution in [0.25, 0.3) is 0 Å². The summed E-state index contributed by atoms with van der Waals surface area (Å²) in [5.74, 6) is -3.17. The van der Waals surface area contributed by atoms with Gasteiger partial charge in [0.1, 0.15) is 35.1 Å². The molecule has 3 saturated heterocycles. The Hall–Kier alpha value is -2.24. The lowest BCUT2D eigenvalue weighted by Crippen LogP contribution is -2.66. The van der Waals surface area contributed by atoms with Crippen molar-refractivity contribution in [1.29, 1.82) is 0 Å². The van der Waals surface area contributed by atoms with E-state index >= 15 is 0 Å². The number of hydrogen-bond donors (Lipinski definition) is 1. The van der Waals surface area contributed by atoms with Crippen LogP contribution in [-0.4, -0.2) is 82.4 Å². The molecule has 0 aromatic heterocycles. The molecule has 11 atom stereocenters. The first-order chi connectivity index (χ1) is 24.4. The van der Waals surface area contributed by atoms with Gasteiger partial charge in [0.25, 0.3) is 0 Å². The van der Waals surface area contributed by atoms with Crippen molar-refractivity contribution in [1.82, 2.24) is 0 Å². The van der Waals surface area contributed by atoms with Gasteiger partial charge in [0, 0.05) is 51.4 Å². The number of hydrogen-bond acceptors (Lipinski definition) is 11. The quantitative estimate of drug-likeness (QED) is 0.0702. The highest BCUT2D eigenvalue weighted by Gasteiger charge is 2.79. The topological polar surface area (TPSA) is 147 Å². The van der Waals surface area contributed by atoms with E-state index in [9.17, 15) is 24.3 Å². The predicted octanol–water partition coefficient (Wildman–Crippen LogP) is 7.16. The van der Waals surface area contributed by atoms with Gasteiger partial charge in [0.15, 0.2) is 6.10 Å². The van der Waals surface area contributed by atoms with Gasteiger partial charge in [-0.25, -0.2) is 0 Å². The molecule has 3 heterocycles. The van der Waals surface area contributed by atoms with Crippen molar-refractivity contribution in [2.75, 3.05) is 6.61 Å². The van der Waals surface area contributed by atoms with E-state index in [1.165, 1.54) is 72.1 Å². The van der Waals surface area contributed by atoms with Crippen LogP contribution in [0.5, 0.6) is 0 Å². The summed E-state index contributed by atoms with van der Waals surface area (Å²) in [5.41, 5.74) is -4.91. The number of rotatable bonds is 17. The standard InChI is InChI=1S/C41H68O11/c1-10-11-12-13-14-15-16-17-18-19-20-21-31(45)50-30-22-23-39(8,51-29(6)44)36-33-32(26(2)3)34(48-27(4)42)37(49-28(5)43)41(25-47-41)35(33)40(9,52-36)24-38(30,7)46/h26,30,32-37,46H,10-25H2,1-9H3/t30-,32+,33+,34-,35-,36+,37-,38-,39+,40?,41+/m0/s1. The van der Waals surface area contributed by atoms with Gasteiger partial charge in [-0.3, -0.25) is 19.2 Å². The van der Waals surface area contributed by atoms with Crippen molar-refractivity contribution in [3.63, 3.8) is 0 Å². The monoisotopic (exact) mass is 736 g/mol. The number of fused-ring (bicyclic) bond motifs is 6. The van der Waals surface area contributed by atoms with Crippen LogP contribution in [-0.2, 0) is 47.6 Å². The molecule has 0 amide bonds. The average molecular weight is 737 g/mol. The summed E-state index contributed by atoms with van der Waals surface area (Å²) in [5, 5.41) is 12.3. The van der Waals surface area contributed by atoms with E-state index in [-0.39, 0.29) is 56.0 Å². The molecule has 4 rings (SSSR count). The smallest absolute Gasteiger partial charge is 0.306 e. The van der Waals surface area contributed by atoms with Gasteiger partial charge < -0.3 is 33.5 Å². The molecule has 1 unspecified atom stereocenters. The van der Waals surface area contributed by atoms with Crippen molar-refractivity contribution in [3.8, 4) is 0 Å². The number of ether oxygens (including phenoxy) is 6. The molecule has 1 saturated carbocycles. The van der Waals surface area contributed by atoms with Crippen LogP contribution in [0.2, 0.25) is 0 Å². The van der Waals surface area contributed by atoms with Crippen LogP contribution in [0, 0.1) is 23.7 Å². The highest BCUT2D eigenvalue weighted by Crippen LogP contribution is 2.66. The van der Waals surface area contributed by atoms with Crippen LogP contribution >= 0.6 is 0 Å². The van der Waals surface area contributed by atoms with Crippen LogP contribution < -0.4 is 0 Å². The zero-order chi connectivity index (χ0) is 38.5. The largest absolute Gasteiger partial charge is 0.459 e. The highest BCUT2D eigenvalue weighted by molar-refractivity contribution is 5.70. The Morgan fingerprint density at radius 1 is 0.808 bits per heavy atom. The van der Waals surface area contributed by atoms with E-state index in [1.54, 1.807) is 6.92 Å². The lowest BCUT2D eigenvalue weighted by molar-refractivity contribution is -0.209. The molecular formula is C41H68O11. The number of epoxide rings is 1. The van der Waals surface area contributed by atoms with E-state index in [1.807, 2.05) is 27.7 Å². The molecule has 4 fully saturated rings. The van der Waals surface area contributed by atoms with E-state index < -0.39 is 70.6 Å². The maximum atomic E-state index is 13.3. The molecule has 4 aliphatic rings. The Balaban J connectivity index is 1.56. The number of esters is 4. The third kappa shape index (κ3) is 9.70. The van der Waals surface area contributed by atoms with Gasteiger partial charge in [-0.15, -0.1) is 0 Å². The third-order valence-electron chi connectivity index (χ3n) is 12.3. The highest BCUT2D eigenvalue weighted by atomic mass is 16.7. The SMILES string of the molecule is CCCCCCCCCCCCCC(=O)O[C@H]1CC[C@@](C)(OC(C)=O)[C@@H]2OC(C)(C[C@]1(C)O)[C@@H]1[C@H]2[C@@H](C(C)C)[C@H](OC(C)=O)[C@H](OC(C)=O)[C@@]12CO2. The zero-order valence-electron chi connectivity index (χ0n) is 33.5. The summed E-state index contributed by atoms with van der Waals surface area (Å²) in [6.07, 6.45) is 10.4. The van der Waals surface area contributed by atoms with Crippen molar-refractivity contribution >= 4 is 23.9 Å². The molecular weight excluding hydrogens is 668 g/mol. The second-order valence-corrected chi connectivity index (χ2v) is 17.3. The van der Waals surface area contributed by atoms with Crippen molar-refractivity contribution < 1.29 is 52.7 Å². The second kappa shape index (κ2) is 17.5. The van der Waals surface area contributed by atoms with Crippen molar-refractivity contribution in [3.05, 3.63) is 0 Å². The van der Waals surface area contributed by atoms with E-state index in [0.717, 1.165) is 19.3 Å². The molecule has 1 aliphatic carbocycles. The number of carbonyl (C=O) groups excluding carboxylic acids is 4. The molecule has 0 aromatic rings. The van der Waals surface area contributed by atoms with Gasteiger partial charge in [-0.05, 0) is 46.0 Å². The Bertz CT molecular complexity index is 1240. The molecule has 1 spiro atoms. The third-order valence-corrected chi connectivity index (χ3v) is 12.3. The molecule has 52 heavy (non-hydrogen) atoms. The first-order valence-electron chi connectivity index (χ1n) is 20.2. The summed E-state index contributed by atoms with van der Waals surface area (Å²) in [7, 11) is 0. The molecule has 11 heteroatoms. The van der Waals surface area contributed by atoms with Crippen LogP contribution in [0.3, 0.4) is 0 Å². The fraction of sp³-hybridized carbons (Fsp3) is 0.902. The van der Waals surface area contributed by atoms with Gasteiger partial charge >= 0.3 is 23.9 Å². The minimum atomic E-state index is -1.53. The fourth-order valence-electron chi connectivity index (χ4n) is 10.2. The minimum absolute atomic E-state index is 0.0746. The van der Waals surface area contributed by atoms with Crippen molar-refractivity contribution in [2.45, 2.75) is 205 Å². The zero-order valence-corrected chi connectivity index (χ0v) is 33.5. The van der Waals surface area contributed by atoms with Crippen LogP contribution in [0.15, 0.2) is 0 Å². The van der Waals surface area contributed by atoms with E-state index in [0.29, 0.717) is 0 Å². The van der Waals surface area contributed by atoms with Crippen LogP contribution in [0.4, 0.5) is 0 Å². The molecule has 2 bridgehead atoms. The number of unbranched alkanes of at least 4 members (excludes halogenated alkanes) is 10. The first kappa shape index (κ1) is 42.5. The molecule has 0 radical (unpaired) electrons. The summed E-state index contributed by atoms with van der Waals surface area (Å²) in [6, 6.07) is 0. The van der Waals surface area contributed by atoms with E-state index in [4.69, 9.17) is 28.4 Å². The van der Waals surface area contributed by atoms with Crippen molar-refractivity contribution in [2.24, 2.45) is 23.7 Å². The number of carbonyl (C=O) groups is 4. The molecule has 11 nitrogen and oxygen atoms in total. The summed E-state index contributed by atoms with van der Waals surface area (Å²) < 4.78 is 37.6. The average Bonchev–Trinajstić information content (AvgIpc) is 3.74. The molecule has 1 N–H and O–H groups in total. The lowest BCUT2D eigenvalue weighted by atomic mass is 9.53. The Kier molecular flexibility index (Phi) is 14.3. The predicted molar refractivity (Wildman–Crippen MR) is 194 cm³/mol.